The molecule has 0 saturated carbocycles. The summed E-state index contributed by atoms with van der Waals surface area (Å²) < 4.78 is 0. The van der Waals surface area contributed by atoms with Gasteiger partial charge in [0.05, 0.1) is 11.1 Å². The van der Waals surface area contributed by atoms with Gasteiger partial charge in [0.15, 0.2) is 0 Å². The van der Waals surface area contributed by atoms with Gasteiger partial charge < -0.3 is 0 Å². The van der Waals surface area contributed by atoms with E-state index in [1.165, 1.54) is 28.8 Å². The molecule has 1 N–H and O–H groups in total. The number of hydrogen-bond donors (Lipinski definition) is 1. The topological polar surface area (TPSA) is 80.4 Å². The second-order valence-electron chi connectivity index (χ2n) is 5.48. The van der Waals surface area contributed by atoms with Crippen LogP contribution >= 0.6 is 11.8 Å². The molecular weight excluding hydrogens is 348 g/mol. The van der Waals surface area contributed by atoms with Gasteiger partial charge in [0, 0.05) is 22.1 Å². The zero-order valence-electron chi connectivity index (χ0n) is 14.0. The quantitative estimate of drug-likeness (QED) is 0.382. The number of aromatic nitrogens is 1. The molecule has 0 bridgehead atoms. The number of anilines is 1. The lowest BCUT2D eigenvalue weighted by Gasteiger charge is -2.03. The molecule has 2 aromatic carbocycles. The fourth-order valence-corrected chi connectivity index (χ4v) is 2.98. The number of pyridine rings is 1. The van der Waals surface area contributed by atoms with Gasteiger partial charge in [-0.25, -0.2) is 4.98 Å². The third-order valence-corrected chi connectivity index (χ3v) is 4.52. The molecule has 26 heavy (non-hydrogen) atoms. The first-order valence-corrected chi connectivity index (χ1v) is 8.66. The molecule has 6 nitrogen and oxygen atoms in total. The summed E-state index contributed by atoms with van der Waals surface area (Å²) in [7, 11) is 0. The maximum Gasteiger partial charge on any atom is 0.313 e. The molecule has 7 heteroatoms. The highest BCUT2D eigenvalue weighted by Gasteiger charge is 2.12. The van der Waals surface area contributed by atoms with Crippen molar-refractivity contribution < 1.29 is 4.92 Å². The van der Waals surface area contributed by atoms with E-state index >= 15 is 0 Å². The van der Waals surface area contributed by atoms with Gasteiger partial charge >= 0.3 is 5.69 Å². The molecule has 0 aliphatic heterocycles. The number of benzene rings is 2. The SMILES string of the molecule is Cc1ccc(Sc2ccc(/C=N\Nc3ncccc3[N+](=O)[O-])cc2)cc1. The van der Waals surface area contributed by atoms with E-state index in [9.17, 15) is 10.1 Å². The average molecular weight is 364 g/mol. The Morgan fingerprint density at radius 2 is 1.73 bits per heavy atom. The van der Waals surface area contributed by atoms with Crippen molar-refractivity contribution in [3.8, 4) is 0 Å². The third kappa shape index (κ3) is 4.67. The Bertz CT molecular complexity index is 925. The number of nitro groups is 1. The minimum absolute atomic E-state index is 0.111. The second kappa shape index (κ2) is 8.26. The molecule has 0 atom stereocenters. The summed E-state index contributed by atoms with van der Waals surface area (Å²) in [5.41, 5.74) is 4.61. The summed E-state index contributed by atoms with van der Waals surface area (Å²) in [4.78, 5) is 16.7. The Labute approximate surface area is 155 Å². The minimum Gasteiger partial charge on any atom is -0.258 e. The molecule has 1 aromatic heterocycles. The van der Waals surface area contributed by atoms with Crippen LogP contribution in [-0.4, -0.2) is 16.1 Å². The number of hydrazone groups is 1. The maximum absolute atomic E-state index is 10.9. The van der Waals surface area contributed by atoms with E-state index in [-0.39, 0.29) is 11.5 Å². The highest BCUT2D eigenvalue weighted by Crippen LogP contribution is 2.27. The van der Waals surface area contributed by atoms with E-state index in [1.54, 1.807) is 18.0 Å². The molecule has 0 spiro atoms. The van der Waals surface area contributed by atoms with E-state index in [0.29, 0.717) is 0 Å². The van der Waals surface area contributed by atoms with Crippen LogP contribution in [0.15, 0.2) is 81.8 Å². The molecule has 0 unspecified atom stereocenters. The van der Waals surface area contributed by atoms with Gasteiger partial charge in [0.25, 0.3) is 0 Å². The molecule has 0 aliphatic rings. The van der Waals surface area contributed by atoms with Crippen molar-refractivity contribution in [1.82, 2.24) is 4.98 Å². The van der Waals surface area contributed by atoms with Crippen LogP contribution in [0.5, 0.6) is 0 Å². The van der Waals surface area contributed by atoms with Gasteiger partial charge in [-0.2, -0.15) is 5.10 Å². The first kappa shape index (κ1) is 17.6. The summed E-state index contributed by atoms with van der Waals surface area (Å²) in [6.45, 7) is 2.07. The van der Waals surface area contributed by atoms with Gasteiger partial charge in [-0.1, -0.05) is 41.6 Å². The predicted molar refractivity (Wildman–Crippen MR) is 104 cm³/mol. The van der Waals surface area contributed by atoms with Crippen LogP contribution in [0.4, 0.5) is 11.5 Å². The third-order valence-electron chi connectivity index (χ3n) is 3.50. The zero-order chi connectivity index (χ0) is 18.4. The summed E-state index contributed by atoms with van der Waals surface area (Å²) in [5.74, 6) is 0.111. The van der Waals surface area contributed by atoms with Crippen LogP contribution in [0.3, 0.4) is 0 Å². The molecule has 130 valence electrons. The largest absolute Gasteiger partial charge is 0.313 e. The summed E-state index contributed by atoms with van der Waals surface area (Å²) in [6.07, 6.45) is 3.07. The van der Waals surface area contributed by atoms with Crippen LogP contribution < -0.4 is 5.43 Å². The smallest absolute Gasteiger partial charge is 0.258 e. The molecule has 0 radical (unpaired) electrons. The fourth-order valence-electron chi connectivity index (χ4n) is 2.16. The average Bonchev–Trinajstić information content (AvgIpc) is 2.65. The molecule has 3 aromatic rings. The van der Waals surface area contributed by atoms with Gasteiger partial charge in [-0.05, 0) is 42.8 Å². The predicted octanol–water partition coefficient (Wildman–Crippen LogP) is 4.90. The van der Waals surface area contributed by atoms with Crippen molar-refractivity contribution in [2.75, 3.05) is 5.43 Å². The Morgan fingerprint density at radius 1 is 1.08 bits per heavy atom. The Kier molecular flexibility index (Phi) is 5.60. The lowest BCUT2D eigenvalue weighted by molar-refractivity contribution is -0.384. The van der Waals surface area contributed by atoms with Gasteiger partial charge in [-0.3, -0.25) is 15.5 Å². The lowest BCUT2D eigenvalue weighted by Crippen LogP contribution is -1.98. The summed E-state index contributed by atoms with van der Waals surface area (Å²) in [6, 6.07) is 19.2. The first-order chi connectivity index (χ1) is 12.6. The molecule has 0 amide bonds. The number of nitrogens with zero attached hydrogens (tertiary/aromatic N) is 3. The Balaban J connectivity index is 1.63. The van der Waals surface area contributed by atoms with Gasteiger partial charge in [-0.15, -0.1) is 0 Å². The van der Waals surface area contributed by atoms with E-state index in [0.717, 1.165) is 10.5 Å². The molecule has 1 heterocycles. The van der Waals surface area contributed by atoms with Crippen LogP contribution in [0, 0.1) is 17.0 Å². The number of nitrogens with one attached hydrogen (secondary N) is 1. The van der Waals surface area contributed by atoms with E-state index < -0.39 is 4.92 Å². The second-order valence-corrected chi connectivity index (χ2v) is 6.63. The maximum atomic E-state index is 10.9. The van der Waals surface area contributed by atoms with Crippen LogP contribution in [0.2, 0.25) is 0 Å². The highest BCUT2D eigenvalue weighted by molar-refractivity contribution is 7.99. The van der Waals surface area contributed by atoms with E-state index in [1.807, 2.05) is 24.3 Å². The Morgan fingerprint density at radius 3 is 2.38 bits per heavy atom. The fraction of sp³-hybridized carbons (Fsp3) is 0.0526. The Hall–Kier alpha value is -3.19. The van der Waals surface area contributed by atoms with Crippen molar-refractivity contribution in [2.24, 2.45) is 5.10 Å². The van der Waals surface area contributed by atoms with Crippen LogP contribution in [0.1, 0.15) is 11.1 Å². The molecular formula is C19H16N4O2S. The summed E-state index contributed by atoms with van der Waals surface area (Å²) in [5, 5.41) is 15.0. The number of hydrogen-bond acceptors (Lipinski definition) is 6. The van der Waals surface area contributed by atoms with Crippen LogP contribution in [0.25, 0.3) is 0 Å². The molecule has 0 saturated heterocycles. The molecule has 0 aliphatic carbocycles. The lowest BCUT2D eigenvalue weighted by atomic mass is 10.2. The van der Waals surface area contributed by atoms with E-state index in [2.05, 4.69) is 46.7 Å². The molecule has 3 rings (SSSR count). The minimum atomic E-state index is -0.498. The van der Waals surface area contributed by atoms with Crippen molar-refractivity contribution in [2.45, 2.75) is 16.7 Å². The summed E-state index contributed by atoms with van der Waals surface area (Å²) >= 11 is 1.69. The zero-order valence-corrected chi connectivity index (χ0v) is 14.8. The highest BCUT2D eigenvalue weighted by atomic mass is 32.2. The normalized spacial score (nSPS) is 10.8. The van der Waals surface area contributed by atoms with Gasteiger partial charge in [0.2, 0.25) is 5.82 Å². The van der Waals surface area contributed by atoms with Gasteiger partial charge in [0.1, 0.15) is 0 Å². The number of rotatable bonds is 6. The van der Waals surface area contributed by atoms with Crippen molar-refractivity contribution in [3.63, 3.8) is 0 Å². The van der Waals surface area contributed by atoms with Crippen molar-refractivity contribution >= 4 is 29.5 Å². The number of aryl methyl sites for hydroxylation is 1. The standard InChI is InChI=1S/C19H16N4O2S/c1-14-4-8-16(9-5-14)26-17-10-6-15(7-11-17)13-21-22-19-18(23(24)25)3-2-12-20-19/h2-13H,1H3,(H,20,22)/b21-13-. The monoisotopic (exact) mass is 364 g/mol. The van der Waals surface area contributed by atoms with E-state index in [4.69, 9.17) is 0 Å². The molecule has 0 fully saturated rings. The first-order valence-electron chi connectivity index (χ1n) is 7.85. The van der Waals surface area contributed by atoms with Crippen molar-refractivity contribution in [1.29, 1.82) is 0 Å². The van der Waals surface area contributed by atoms with Crippen molar-refractivity contribution in [3.05, 3.63) is 88.1 Å². The van der Waals surface area contributed by atoms with Crippen LogP contribution in [-0.2, 0) is 0 Å².